The molecule has 0 saturated heterocycles. The molecule has 3 aromatic rings. The van der Waals surface area contributed by atoms with Crippen molar-refractivity contribution >= 4 is 34.6 Å². The lowest BCUT2D eigenvalue weighted by Crippen LogP contribution is -2.21. The Hall–Kier alpha value is -2.37. The molecule has 3 rings (SSSR count). The number of carbonyl (C=O) groups is 2. The van der Waals surface area contributed by atoms with Crippen molar-refractivity contribution in [3.05, 3.63) is 69.1 Å². The fraction of sp³-hybridized carbons (Fsp3) is 0.111. The Morgan fingerprint density at radius 2 is 1.75 bits per heavy atom. The first kappa shape index (κ1) is 16.5. The predicted octanol–water partition coefficient (Wildman–Crippen LogP) is 4.79. The van der Waals surface area contributed by atoms with Gasteiger partial charge in [-0.25, -0.2) is 0 Å². The highest BCUT2D eigenvalue weighted by atomic mass is 35.5. The molecule has 1 amide bonds. The molecule has 0 fully saturated rings. The van der Waals surface area contributed by atoms with Crippen molar-refractivity contribution in [1.82, 2.24) is 5.32 Å². The summed E-state index contributed by atoms with van der Waals surface area (Å²) in [5.74, 6) is 1.09. The van der Waals surface area contributed by atoms with Crippen molar-refractivity contribution in [1.29, 1.82) is 0 Å². The van der Waals surface area contributed by atoms with E-state index >= 15 is 0 Å². The van der Waals surface area contributed by atoms with Crippen molar-refractivity contribution in [3.8, 4) is 11.3 Å². The lowest BCUT2D eigenvalue weighted by Gasteiger charge is -2.01. The Morgan fingerprint density at radius 1 is 1.04 bits per heavy atom. The molecule has 24 heavy (non-hydrogen) atoms. The quantitative estimate of drug-likeness (QED) is 0.666. The second kappa shape index (κ2) is 7.03. The number of amides is 1. The number of furan rings is 1. The molecule has 0 spiro atoms. The zero-order chi connectivity index (χ0) is 17.1. The van der Waals surface area contributed by atoms with Crippen LogP contribution >= 0.6 is 22.9 Å². The van der Waals surface area contributed by atoms with Gasteiger partial charge in [-0.1, -0.05) is 11.6 Å². The van der Waals surface area contributed by atoms with Gasteiger partial charge in [0.15, 0.2) is 5.78 Å². The van der Waals surface area contributed by atoms with E-state index in [2.05, 4.69) is 5.32 Å². The lowest BCUT2D eigenvalue weighted by atomic mass is 10.2. The number of ketones is 1. The van der Waals surface area contributed by atoms with Crippen LogP contribution in [0.15, 0.2) is 52.9 Å². The summed E-state index contributed by atoms with van der Waals surface area (Å²) in [5, 5.41) is 3.45. The Balaban J connectivity index is 1.63. The monoisotopic (exact) mass is 359 g/mol. The van der Waals surface area contributed by atoms with Gasteiger partial charge in [-0.2, -0.15) is 0 Å². The minimum Gasteiger partial charge on any atom is -0.459 e. The van der Waals surface area contributed by atoms with Crippen LogP contribution in [-0.4, -0.2) is 11.7 Å². The van der Waals surface area contributed by atoms with E-state index in [1.807, 2.05) is 24.3 Å². The Labute approximate surface area is 148 Å². The molecule has 0 radical (unpaired) electrons. The first-order chi connectivity index (χ1) is 11.5. The molecule has 122 valence electrons. The van der Waals surface area contributed by atoms with Gasteiger partial charge < -0.3 is 9.73 Å². The standard InChI is InChI=1S/C18H14ClNO3S/c1-11(21)16-8-9-17(24-16)18(22)20-10-14-6-7-15(23-14)12-2-4-13(19)5-3-12/h2-9H,10H2,1H3,(H,20,22). The zero-order valence-corrected chi connectivity index (χ0v) is 14.4. The van der Waals surface area contributed by atoms with Gasteiger partial charge >= 0.3 is 0 Å². The number of hydrogen-bond acceptors (Lipinski definition) is 4. The first-order valence-corrected chi connectivity index (χ1v) is 8.46. The van der Waals surface area contributed by atoms with Gasteiger partial charge in [0.25, 0.3) is 5.91 Å². The molecule has 0 aliphatic rings. The molecule has 2 aromatic heterocycles. The summed E-state index contributed by atoms with van der Waals surface area (Å²) < 4.78 is 5.73. The van der Waals surface area contributed by atoms with Gasteiger partial charge in [0.1, 0.15) is 11.5 Å². The summed E-state index contributed by atoms with van der Waals surface area (Å²) in [5.41, 5.74) is 0.918. The minimum atomic E-state index is -0.225. The van der Waals surface area contributed by atoms with Crippen LogP contribution in [0.2, 0.25) is 5.02 Å². The molecule has 0 aliphatic carbocycles. The maximum absolute atomic E-state index is 12.1. The molecule has 1 aromatic carbocycles. The van der Waals surface area contributed by atoms with Crippen LogP contribution in [0.25, 0.3) is 11.3 Å². The molecule has 4 nitrogen and oxygen atoms in total. The van der Waals surface area contributed by atoms with Crippen LogP contribution < -0.4 is 5.32 Å². The summed E-state index contributed by atoms with van der Waals surface area (Å²) in [6, 6.07) is 14.3. The largest absolute Gasteiger partial charge is 0.459 e. The second-order valence-electron chi connectivity index (χ2n) is 5.18. The third kappa shape index (κ3) is 3.75. The second-order valence-corrected chi connectivity index (χ2v) is 6.70. The average molecular weight is 360 g/mol. The SMILES string of the molecule is CC(=O)c1ccc(C(=O)NCc2ccc(-c3ccc(Cl)cc3)o2)s1. The van der Waals surface area contributed by atoms with Crippen LogP contribution in [0, 0.1) is 0 Å². The topological polar surface area (TPSA) is 59.3 Å². The number of carbonyl (C=O) groups excluding carboxylic acids is 2. The maximum Gasteiger partial charge on any atom is 0.261 e. The summed E-state index contributed by atoms with van der Waals surface area (Å²) >= 11 is 7.05. The smallest absolute Gasteiger partial charge is 0.261 e. The molecule has 0 atom stereocenters. The van der Waals surface area contributed by atoms with Crippen LogP contribution in [0.1, 0.15) is 32.0 Å². The summed E-state index contributed by atoms with van der Waals surface area (Å²) in [6.07, 6.45) is 0. The van der Waals surface area contributed by atoms with Crippen molar-refractivity contribution in [3.63, 3.8) is 0 Å². The van der Waals surface area contributed by atoms with Gasteiger partial charge in [-0.15, -0.1) is 11.3 Å². The van der Waals surface area contributed by atoms with E-state index in [4.69, 9.17) is 16.0 Å². The van der Waals surface area contributed by atoms with Crippen molar-refractivity contribution in [2.45, 2.75) is 13.5 Å². The van der Waals surface area contributed by atoms with Crippen molar-refractivity contribution in [2.24, 2.45) is 0 Å². The van der Waals surface area contributed by atoms with Crippen molar-refractivity contribution in [2.75, 3.05) is 0 Å². The van der Waals surface area contributed by atoms with Gasteiger partial charge in [-0.05, 0) is 55.5 Å². The predicted molar refractivity (Wildman–Crippen MR) is 94.6 cm³/mol. The van der Waals surface area contributed by atoms with Crippen LogP contribution in [-0.2, 0) is 6.54 Å². The van der Waals surface area contributed by atoms with E-state index in [0.29, 0.717) is 26.3 Å². The normalized spacial score (nSPS) is 10.6. The molecular weight excluding hydrogens is 346 g/mol. The number of Topliss-reactive ketones (excluding diaryl/α,β-unsaturated/α-hetero) is 1. The fourth-order valence-corrected chi connectivity index (χ4v) is 3.09. The highest BCUT2D eigenvalue weighted by molar-refractivity contribution is 7.15. The van der Waals surface area contributed by atoms with Gasteiger partial charge in [0.05, 0.1) is 16.3 Å². The number of halogens is 1. The Bertz CT molecular complexity index is 880. The van der Waals surface area contributed by atoms with E-state index in [9.17, 15) is 9.59 Å². The van der Waals surface area contributed by atoms with E-state index in [0.717, 1.165) is 5.56 Å². The summed E-state index contributed by atoms with van der Waals surface area (Å²) in [7, 11) is 0. The molecule has 6 heteroatoms. The first-order valence-electron chi connectivity index (χ1n) is 7.26. The molecule has 0 saturated carbocycles. The highest BCUT2D eigenvalue weighted by Crippen LogP contribution is 2.24. The Kier molecular flexibility index (Phi) is 4.83. The van der Waals surface area contributed by atoms with E-state index in [-0.39, 0.29) is 18.2 Å². The highest BCUT2D eigenvalue weighted by Gasteiger charge is 2.12. The van der Waals surface area contributed by atoms with E-state index in [1.54, 1.807) is 24.3 Å². The minimum absolute atomic E-state index is 0.0438. The number of hydrogen-bond donors (Lipinski definition) is 1. The van der Waals surface area contributed by atoms with Gasteiger partial charge in [0.2, 0.25) is 0 Å². The number of thiophene rings is 1. The van der Waals surface area contributed by atoms with E-state index in [1.165, 1.54) is 18.3 Å². The molecule has 0 unspecified atom stereocenters. The molecule has 1 N–H and O–H groups in total. The molecule has 0 aliphatic heterocycles. The van der Waals surface area contributed by atoms with Crippen LogP contribution in [0.5, 0.6) is 0 Å². The zero-order valence-electron chi connectivity index (χ0n) is 12.8. The third-order valence-electron chi connectivity index (χ3n) is 3.39. The molecular formula is C18H14ClNO3S. The summed E-state index contributed by atoms with van der Waals surface area (Å²) in [4.78, 5) is 24.5. The van der Waals surface area contributed by atoms with E-state index < -0.39 is 0 Å². The maximum atomic E-state index is 12.1. The van der Waals surface area contributed by atoms with Crippen LogP contribution in [0.4, 0.5) is 0 Å². The number of nitrogens with one attached hydrogen (secondary N) is 1. The molecule has 2 heterocycles. The Morgan fingerprint density at radius 3 is 2.42 bits per heavy atom. The average Bonchev–Trinajstić information content (AvgIpc) is 3.23. The summed E-state index contributed by atoms with van der Waals surface area (Å²) in [6.45, 7) is 1.76. The molecule has 0 bridgehead atoms. The van der Waals surface area contributed by atoms with Crippen molar-refractivity contribution < 1.29 is 14.0 Å². The van der Waals surface area contributed by atoms with Crippen LogP contribution in [0.3, 0.4) is 0 Å². The number of rotatable bonds is 5. The lowest BCUT2D eigenvalue weighted by molar-refractivity contribution is 0.0951. The third-order valence-corrected chi connectivity index (χ3v) is 4.83. The van der Waals surface area contributed by atoms with Gasteiger partial charge in [-0.3, -0.25) is 9.59 Å². The van der Waals surface area contributed by atoms with Gasteiger partial charge in [0, 0.05) is 10.6 Å². The number of benzene rings is 1. The fourth-order valence-electron chi connectivity index (χ4n) is 2.15.